The van der Waals surface area contributed by atoms with Gasteiger partial charge in [0, 0.05) is 26.9 Å². The first-order valence-electron chi connectivity index (χ1n) is 14.6. The van der Waals surface area contributed by atoms with Crippen molar-refractivity contribution < 1.29 is 28.0 Å². The van der Waals surface area contributed by atoms with Crippen molar-refractivity contribution in [3.8, 4) is 0 Å². The zero-order chi connectivity index (χ0) is 28.4. The summed E-state index contributed by atoms with van der Waals surface area (Å²) in [4.78, 5) is 13.3. The Morgan fingerprint density at radius 3 is 2.89 bits per heavy atom. The van der Waals surface area contributed by atoms with Crippen LogP contribution in [0.4, 0.5) is 0 Å². The van der Waals surface area contributed by atoms with Gasteiger partial charge in [0.2, 0.25) is 0 Å². The van der Waals surface area contributed by atoms with E-state index in [1.54, 1.807) is 0 Å². The van der Waals surface area contributed by atoms with Gasteiger partial charge < -0.3 is 14.4 Å². The number of likely N-dealkylation sites (N-methyl/N-ethyl adjacent to an activating group) is 1. The average Bonchev–Trinajstić information content (AvgIpc) is 3.33. The van der Waals surface area contributed by atoms with Gasteiger partial charge in [0.15, 0.2) is 0 Å². The van der Waals surface area contributed by atoms with Crippen LogP contribution in [-0.2, 0) is 20.7 Å². The summed E-state index contributed by atoms with van der Waals surface area (Å²) >= 11 is 0. The Hall–Kier alpha value is -1.91. The van der Waals surface area contributed by atoms with Crippen LogP contribution in [0.5, 0.6) is 0 Å². The SMILES string of the molecule is [2H]C([2H])([2H])C([2H])([2H])N(CCOC(=O)C(Cc1cccc2ccccc12)CC1CCCO1)C([2H])([2H])C([2H])([2H])[2H]. The molecule has 3 rings (SSSR count). The van der Waals surface area contributed by atoms with Crippen LogP contribution in [0.2, 0.25) is 0 Å². The number of hydrogen-bond acceptors (Lipinski definition) is 4. The molecule has 2 unspecified atom stereocenters. The number of rotatable bonds is 10. The Bertz CT molecular complexity index is 1070. The molecule has 152 valence electrons. The van der Waals surface area contributed by atoms with Crippen molar-refractivity contribution >= 4 is 16.7 Å². The zero-order valence-electron chi connectivity index (χ0n) is 25.8. The van der Waals surface area contributed by atoms with Crippen LogP contribution in [0.1, 0.15) is 52.2 Å². The van der Waals surface area contributed by atoms with E-state index >= 15 is 0 Å². The second-order valence-corrected chi connectivity index (χ2v) is 6.95. The number of carbonyl (C=O) groups excluding carboxylic acids is 1. The Labute approximate surface area is 182 Å². The van der Waals surface area contributed by atoms with E-state index in [9.17, 15) is 4.79 Å². The molecular weight excluding hydrogens is 350 g/mol. The minimum absolute atomic E-state index is 0.104. The molecule has 0 aromatic heterocycles. The van der Waals surface area contributed by atoms with E-state index < -0.39 is 51.7 Å². The van der Waals surface area contributed by atoms with E-state index in [-0.39, 0.29) is 11.0 Å². The first kappa shape index (κ1) is 11.3. The molecule has 1 aliphatic rings. The van der Waals surface area contributed by atoms with E-state index in [0.29, 0.717) is 19.4 Å². The zero-order valence-corrected chi connectivity index (χ0v) is 15.8. The molecule has 4 heteroatoms. The lowest BCUT2D eigenvalue weighted by atomic mass is 9.90. The van der Waals surface area contributed by atoms with Gasteiger partial charge in [-0.2, -0.15) is 0 Å². The molecule has 0 radical (unpaired) electrons. The Balaban J connectivity index is 1.79. The molecule has 2 aromatic carbocycles. The quantitative estimate of drug-likeness (QED) is 0.559. The lowest BCUT2D eigenvalue weighted by molar-refractivity contribution is -0.150. The lowest BCUT2D eigenvalue weighted by Crippen LogP contribution is -2.30. The number of nitrogens with zero attached hydrogens (tertiary/aromatic N) is 1. The number of carbonyl (C=O) groups is 1. The third kappa shape index (κ3) is 5.55. The first-order valence-corrected chi connectivity index (χ1v) is 9.58. The first-order chi connectivity index (χ1) is 17.6. The van der Waals surface area contributed by atoms with Crippen molar-refractivity contribution in [3.05, 3.63) is 48.0 Å². The van der Waals surface area contributed by atoms with Crippen LogP contribution in [0.25, 0.3) is 10.8 Å². The Kier molecular flexibility index (Phi) is 4.28. The minimum atomic E-state index is -3.35. The smallest absolute Gasteiger partial charge is 0.309 e. The maximum atomic E-state index is 13.2. The van der Waals surface area contributed by atoms with Gasteiger partial charge in [-0.25, -0.2) is 0 Å². The summed E-state index contributed by atoms with van der Waals surface area (Å²) in [5.41, 5.74) is 0.933. The largest absolute Gasteiger partial charge is 0.464 e. The summed E-state index contributed by atoms with van der Waals surface area (Å²) in [6, 6.07) is 13.6. The summed E-state index contributed by atoms with van der Waals surface area (Å²) in [7, 11) is 0. The standard InChI is InChI=1S/C24H33NO3/c1-3-25(4-2)14-16-28-24(26)21(18-22-12-8-15-27-22)17-20-11-7-10-19-9-5-6-13-23(19)20/h5-7,9-11,13,21-22H,3-4,8,12,14-18H2,1-2H3/i1D3,2D3,3D2,4D2. The third-order valence-electron chi connectivity index (χ3n) is 5.08. The van der Waals surface area contributed by atoms with Crippen LogP contribution in [-0.4, -0.2) is 49.7 Å². The molecule has 0 bridgehead atoms. The van der Waals surface area contributed by atoms with Gasteiger partial charge in [-0.15, -0.1) is 0 Å². The normalized spacial score (nSPS) is 25.1. The molecule has 0 spiro atoms. The second kappa shape index (κ2) is 10.6. The van der Waals surface area contributed by atoms with Crippen LogP contribution in [0, 0.1) is 5.92 Å². The fraction of sp³-hybridized carbons (Fsp3) is 0.542. The number of fused-ring (bicyclic) bond motifs is 1. The molecule has 1 saturated heterocycles. The van der Waals surface area contributed by atoms with Crippen molar-refractivity contribution in [3.63, 3.8) is 0 Å². The van der Waals surface area contributed by atoms with Crippen LogP contribution in [0.3, 0.4) is 0 Å². The number of ether oxygens (including phenoxy) is 2. The predicted molar refractivity (Wildman–Crippen MR) is 113 cm³/mol. The monoisotopic (exact) mass is 393 g/mol. The molecule has 0 amide bonds. The van der Waals surface area contributed by atoms with Gasteiger partial charge in [-0.3, -0.25) is 4.79 Å². The molecule has 0 N–H and O–H groups in total. The Morgan fingerprint density at radius 1 is 1.29 bits per heavy atom. The third-order valence-corrected chi connectivity index (χ3v) is 5.08. The van der Waals surface area contributed by atoms with Crippen molar-refractivity contribution in [1.82, 2.24) is 4.90 Å². The van der Waals surface area contributed by atoms with E-state index in [1.807, 2.05) is 42.5 Å². The van der Waals surface area contributed by atoms with Crippen LogP contribution >= 0.6 is 0 Å². The molecule has 0 aliphatic carbocycles. The van der Waals surface area contributed by atoms with Gasteiger partial charge in [-0.05, 0) is 55.0 Å². The highest BCUT2D eigenvalue weighted by Gasteiger charge is 2.27. The summed E-state index contributed by atoms with van der Waals surface area (Å²) in [5.74, 6) is -1.26. The van der Waals surface area contributed by atoms with Crippen molar-refractivity contribution in [2.45, 2.75) is 45.5 Å². The van der Waals surface area contributed by atoms with Crippen LogP contribution in [0.15, 0.2) is 42.5 Å². The minimum Gasteiger partial charge on any atom is -0.464 e. The molecule has 28 heavy (non-hydrogen) atoms. The topological polar surface area (TPSA) is 38.8 Å². The van der Waals surface area contributed by atoms with Gasteiger partial charge in [-0.1, -0.05) is 56.2 Å². The predicted octanol–water partition coefficient (Wildman–Crippen LogP) is 4.45. The van der Waals surface area contributed by atoms with Crippen molar-refractivity contribution in [1.29, 1.82) is 0 Å². The van der Waals surface area contributed by atoms with E-state index in [1.165, 1.54) is 0 Å². The second-order valence-electron chi connectivity index (χ2n) is 6.95. The molecule has 2 aromatic rings. The summed E-state index contributed by atoms with van der Waals surface area (Å²) in [5, 5.41) is 2.01. The van der Waals surface area contributed by atoms with E-state index in [4.69, 9.17) is 23.2 Å². The molecule has 1 fully saturated rings. The molecule has 1 aliphatic heterocycles. The van der Waals surface area contributed by atoms with Crippen LogP contribution < -0.4 is 0 Å². The summed E-state index contributed by atoms with van der Waals surface area (Å²) in [6.07, 6.45) is 2.27. The Morgan fingerprint density at radius 2 is 2.11 bits per heavy atom. The maximum Gasteiger partial charge on any atom is 0.309 e. The number of esters is 1. The molecular formula is C24H33NO3. The molecule has 4 nitrogen and oxygen atoms in total. The lowest BCUT2D eigenvalue weighted by Gasteiger charge is -2.22. The summed E-state index contributed by atoms with van der Waals surface area (Å²) < 4.78 is 88.1. The highest BCUT2D eigenvalue weighted by Crippen LogP contribution is 2.27. The average molecular weight is 394 g/mol. The van der Waals surface area contributed by atoms with E-state index in [0.717, 1.165) is 29.2 Å². The van der Waals surface area contributed by atoms with Gasteiger partial charge in [0.25, 0.3) is 0 Å². The fourth-order valence-electron chi connectivity index (χ4n) is 3.64. The van der Waals surface area contributed by atoms with E-state index in [2.05, 4.69) is 0 Å². The van der Waals surface area contributed by atoms with Gasteiger partial charge in [0.05, 0.1) is 12.0 Å². The van der Waals surface area contributed by atoms with Crippen molar-refractivity contribution in [2.75, 3.05) is 32.8 Å². The molecule has 2 atom stereocenters. The fourth-order valence-corrected chi connectivity index (χ4v) is 3.64. The van der Waals surface area contributed by atoms with Gasteiger partial charge in [0.1, 0.15) is 6.61 Å². The molecule has 1 heterocycles. The van der Waals surface area contributed by atoms with Gasteiger partial charge >= 0.3 is 5.97 Å². The molecule has 0 saturated carbocycles. The van der Waals surface area contributed by atoms with Crippen molar-refractivity contribution in [2.24, 2.45) is 5.92 Å². The maximum absolute atomic E-state index is 13.2. The highest BCUT2D eigenvalue weighted by molar-refractivity contribution is 5.86. The number of benzene rings is 2. The number of hydrogen-bond donors (Lipinski definition) is 0. The summed E-state index contributed by atoms with van der Waals surface area (Å²) in [6.45, 7) is -14.2. The highest BCUT2D eigenvalue weighted by atomic mass is 16.5.